The number of allylic oxidation sites excluding steroid dienone is 5. The zero-order valence-corrected chi connectivity index (χ0v) is 9.98. The van der Waals surface area contributed by atoms with Crippen LogP contribution in [-0.2, 0) is 0 Å². The summed E-state index contributed by atoms with van der Waals surface area (Å²) in [7, 11) is 0. The quantitative estimate of drug-likeness (QED) is 0.780. The van der Waals surface area contributed by atoms with Crippen molar-refractivity contribution in [2.45, 2.75) is 12.8 Å². The van der Waals surface area contributed by atoms with Crippen molar-refractivity contribution >= 4 is 5.57 Å². The molecule has 0 atom stereocenters. The highest BCUT2D eigenvalue weighted by molar-refractivity contribution is 5.71. The molecule has 0 unspecified atom stereocenters. The lowest BCUT2D eigenvalue weighted by Gasteiger charge is -2.13. The van der Waals surface area contributed by atoms with Gasteiger partial charge >= 0.3 is 0 Å². The Morgan fingerprint density at radius 1 is 1.06 bits per heavy atom. The summed E-state index contributed by atoms with van der Waals surface area (Å²) in [5.74, 6) is 0. The average Bonchev–Trinajstić information content (AvgIpc) is 2.46. The molecule has 1 aromatic rings. The third-order valence-corrected chi connectivity index (χ3v) is 3.08. The molecule has 0 heterocycles. The van der Waals surface area contributed by atoms with Crippen molar-refractivity contribution in [3.63, 3.8) is 0 Å². The van der Waals surface area contributed by atoms with Gasteiger partial charge in [0.05, 0.1) is 11.1 Å². The number of hydrogen-bond donors (Lipinski definition) is 0. The fourth-order valence-corrected chi connectivity index (χ4v) is 2.00. The van der Waals surface area contributed by atoms with Crippen molar-refractivity contribution in [2.75, 3.05) is 0 Å². The zero-order valence-electron chi connectivity index (χ0n) is 9.98. The molecule has 86 valence electrons. The maximum atomic E-state index is 9.01. The van der Waals surface area contributed by atoms with Gasteiger partial charge in [0.2, 0.25) is 0 Å². The van der Waals surface area contributed by atoms with Crippen LogP contribution >= 0.6 is 0 Å². The molecule has 0 spiro atoms. The molecule has 0 bridgehead atoms. The number of hydrogen-bond acceptors (Lipinski definition) is 2. The van der Waals surface area contributed by atoms with Crippen molar-refractivity contribution in [2.24, 2.45) is 0 Å². The third-order valence-electron chi connectivity index (χ3n) is 3.08. The molecule has 0 aromatic heterocycles. The monoisotopic (exact) mass is 232 g/mol. The highest BCUT2D eigenvalue weighted by Gasteiger charge is 2.09. The molecule has 0 radical (unpaired) electrons. The molecule has 0 saturated carbocycles. The lowest BCUT2D eigenvalue weighted by molar-refractivity contribution is 1.01. The first-order valence-corrected chi connectivity index (χ1v) is 5.75. The highest BCUT2D eigenvalue weighted by atomic mass is 14.3. The maximum absolute atomic E-state index is 9.01. The van der Waals surface area contributed by atoms with E-state index in [2.05, 4.69) is 24.8 Å². The fraction of sp³-hybridized carbons (Fsp3) is 0.125. The van der Waals surface area contributed by atoms with E-state index < -0.39 is 0 Å². The van der Waals surface area contributed by atoms with Crippen LogP contribution in [0.25, 0.3) is 5.57 Å². The molecule has 2 heteroatoms. The molecule has 0 fully saturated rings. The summed E-state index contributed by atoms with van der Waals surface area (Å²) in [4.78, 5) is 0. The van der Waals surface area contributed by atoms with Gasteiger partial charge in [0, 0.05) is 0 Å². The molecule has 0 saturated heterocycles. The number of nitrogens with zero attached hydrogens (tertiary/aromatic N) is 2. The molecule has 0 N–H and O–H groups in total. The van der Waals surface area contributed by atoms with Crippen molar-refractivity contribution in [3.8, 4) is 12.1 Å². The first-order valence-electron chi connectivity index (χ1n) is 5.75. The lowest BCUT2D eigenvalue weighted by atomic mass is 9.91. The van der Waals surface area contributed by atoms with E-state index in [0.717, 1.165) is 18.4 Å². The predicted octanol–water partition coefficient (Wildman–Crippen LogP) is 3.72. The van der Waals surface area contributed by atoms with Gasteiger partial charge in [0.25, 0.3) is 0 Å². The van der Waals surface area contributed by atoms with Crippen LogP contribution in [0.15, 0.2) is 48.6 Å². The first kappa shape index (κ1) is 11.9. The minimum atomic E-state index is 0.431. The van der Waals surface area contributed by atoms with Crippen molar-refractivity contribution in [3.05, 3.63) is 65.3 Å². The Morgan fingerprint density at radius 3 is 2.39 bits per heavy atom. The van der Waals surface area contributed by atoms with Gasteiger partial charge in [0.15, 0.2) is 0 Å². The molecule has 1 aliphatic rings. The maximum Gasteiger partial charge on any atom is 0.101 e. The highest BCUT2D eigenvalue weighted by Crippen LogP contribution is 2.28. The van der Waals surface area contributed by atoms with E-state index in [4.69, 9.17) is 10.5 Å². The second kappa shape index (κ2) is 5.17. The summed E-state index contributed by atoms with van der Waals surface area (Å²) in [6, 6.07) is 9.49. The van der Waals surface area contributed by atoms with Crippen LogP contribution in [-0.4, -0.2) is 0 Å². The second-order valence-electron chi connectivity index (χ2n) is 4.12. The van der Waals surface area contributed by atoms with Crippen LogP contribution in [0, 0.1) is 22.7 Å². The smallest absolute Gasteiger partial charge is 0.101 e. The van der Waals surface area contributed by atoms with Crippen molar-refractivity contribution in [1.29, 1.82) is 10.5 Å². The summed E-state index contributed by atoms with van der Waals surface area (Å²) in [6.45, 7) is 3.76. The summed E-state index contributed by atoms with van der Waals surface area (Å²) in [5, 5.41) is 17.9. The van der Waals surface area contributed by atoms with Gasteiger partial charge in [-0.25, -0.2) is 0 Å². The van der Waals surface area contributed by atoms with E-state index in [9.17, 15) is 0 Å². The summed E-state index contributed by atoms with van der Waals surface area (Å²) < 4.78 is 0. The normalized spacial score (nSPS) is 13.9. The number of benzene rings is 1. The van der Waals surface area contributed by atoms with Gasteiger partial charge in [-0.2, -0.15) is 10.5 Å². The SMILES string of the molecule is C=CC1=CC=C(c2ccc(C#N)c(C#N)c2)CC1. The van der Waals surface area contributed by atoms with Crippen molar-refractivity contribution in [1.82, 2.24) is 0 Å². The molecule has 2 nitrogen and oxygen atoms in total. The first-order chi connectivity index (χ1) is 8.78. The molecule has 0 aliphatic heterocycles. The van der Waals surface area contributed by atoms with Gasteiger partial charge in [-0.05, 0) is 41.7 Å². The van der Waals surface area contributed by atoms with Gasteiger partial charge in [-0.3, -0.25) is 0 Å². The lowest BCUT2D eigenvalue weighted by Crippen LogP contribution is -1.94. The van der Waals surface area contributed by atoms with Gasteiger partial charge < -0.3 is 0 Å². The number of rotatable bonds is 2. The molecule has 1 aromatic carbocycles. The minimum Gasteiger partial charge on any atom is -0.192 e. The third kappa shape index (κ3) is 2.24. The number of nitriles is 2. The largest absolute Gasteiger partial charge is 0.192 e. The Bertz CT molecular complexity index is 634. The Labute approximate surface area is 107 Å². The van der Waals surface area contributed by atoms with Crippen LogP contribution in [0.1, 0.15) is 29.5 Å². The minimum absolute atomic E-state index is 0.431. The van der Waals surface area contributed by atoms with Gasteiger partial charge in [-0.1, -0.05) is 30.9 Å². The van der Waals surface area contributed by atoms with E-state index in [0.29, 0.717) is 11.1 Å². The van der Waals surface area contributed by atoms with Crippen LogP contribution < -0.4 is 0 Å². The van der Waals surface area contributed by atoms with Crippen LogP contribution in [0.5, 0.6) is 0 Å². The molecular weight excluding hydrogens is 220 g/mol. The zero-order chi connectivity index (χ0) is 13.0. The van der Waals surface area contributed by atoms with Crippen molar-refractivity contribution < 1.29 is 0 Å². The average molecular weight is 232 g/mol. The molecule has 1 aliphatic carbocycles. The Morgan fingerprint density at radius 2 is 1.83 bits per heavy atom. The topological polar surface area (TPSA) is 47.6 Å². The summed E-state index contributed by atoms with van der Waals surface area (Å²) in [5.41, 5.74) is 4.31. The van der Waals surface area contributed by atoms with E-state index in [1.165, 1.54) is 11.1 Å². The van der Waals surface area contributed by atoms with Crippen LogP contribution in [0.2, 0.25) is 0 Å². The Balaban J connectivity index is 2.40. The molecule has 2 rings (SSSR count). The Hall–Kier alpha value is -2.58. The Kier molecular flexibility index (Phi) is 3.41. The molecule has 0 amide bonds. The van der Waals surface area contributed by atoms with E-state index in [-0.39, 0.29) is 0 Å². The van der Waals surface area contributed by atoms with Gasteiger partial charge in [-0.15, -0.1) is 0 Å². The van der Waals surface area contributed by atoms with E-state index in [1.807, 2.05) is 18.2 Å². The van der Waals surface area contributed by atoms with E-state index in [1.54, 1.807) is 12.1 Å². The summed E-state index contributed by atoms with van der Waals surface area (Å²) >= 11 is 0. The standard InChI is InChI=1S/C16H12N2/c1-2-12-3-5-13(6-4-12)14-7-8-15(10-17)16(9-14)11-18/h2-3,5,7-9H,1,4,6H2. The molecule has 18 heavy (non-hydrogen) atoms. The fourth-order valence-electron chi connectivity index (χ4n) is 2.00. The van der Waals surface area contributed by atoms with Gasteiger partial charge in [0.1, 0.15) is 12.1 Å². The molecular formula is C16H12N2. The van der Waals surface area contributed by atoms with Crippen LogP contribution in [0.3, 0.4) is 0 Å². The summed E-state index contributed by atoms with van der Waals surface area (Å²) in [6.07, 6.45) is 7.89. The second-order valence-corrected chi connectivity index (χ2v) is 4.12. The van der Waals surface area contributed by atoms with Crippen LogP contribution in [0.4, 0.5) is 0 Å². The predicted molar refractivity (Wildman–Crippen MR) is 71.4 cm³/mol. The van der Waals surface area contributed by atoms with E-state index >= 15 is 0 Å².